The van der Waals surface area contributed by atoms with Gasteiger partial charge in [-0.15, -0.1) is 0 Å². The molecule has 0 saturated carbocycles. The number of carbonyl (C=O) groups is 2. The third kappa shape index (κ3) is 5.55. The van der Waals surface area contributed by atoms with Crippen molar-refractivity contribution in [2.45, 2.75) is 57.0 Å². The molecule has 0 unspecified atom stereocenters. The molecule has 2 amide bonds. The fourth-order valence-corrected chi connectivity index (χ4v) is 5.93. The van der Waals surface area contributed by atoms with Crippen LogP contribution in [0.4, 0.5) is 0 Å². The van der Waals surface area contributed by atoms with Crippen molar-refractivity contribution in [3.63, 3.8) is 0 Å². The molecule has 5 N–H and O–H groups in total. The van der Waals surface area contributed by atoms with Crippen LogP contribution in [0, 0.1) is 0 Å². The quantitative estimate of drug-likeness (QED) is 0.241. The van der Waals surface area contributed by atoms with Gasteiger partial charge in [-0.1, -0.05) is 25.1 Å². The van der Waals surface area contributed by atoms with Gasteiger partial charge in [-0.2, -0.15) is 0 Å². The van der Waals surface area contributed by atoms with E-state index >= 15 is 0 Å². The predicted molar refractivity (Wildman–Crippen MR) is 153 cm³/mol. The molecule has 218 valence electrons. The van der Waals surface area contributed by atoms with Gasteiger partial charge in [0.25, 0.3) is 0 Å². The van der Waals surface area contributed by atoms with Gasteiger partial charge in [-0.05, 0) is 47.7 Å². The van der Waals surface area contributed by atoms with Gasteiger partial charge in [0.05, 0.1) is 32.3 Å². The van der Waals surface area contributed by atoms with Crippen LogP contribution in [-0.4, -0.2) is 82.1 Å². The van der Waals surface area contributed by atoms with Crippen LogP contribution in [0.3, 0.4) is 0 Å². The molecule has 2 heterocycles. The van der Waals surface area contributed by atoms with Crippen molar-refractivity contribution >= 4 is 22.7 Å². The number of benzene rings is 2. The molecule has 5 rings (SSSR count). The van der Waals surface area contributed by atoms with Gasteiger partial charge < -0.3 is 40.0 Å². The van der Waals surface area contributed by atoms with E-state index in [0.717, 1.165) is 16.6 Å². The molecular weight excluding hydrogens is 526 g/mol. The maximum atomic E-state index is 13.5. The molecule has 0 spiro atoms. The fourth-order valence-electron chi connectivity index (χ4n) is 5.93. The van der Waals surface area contributed by atoms with Crippen molar-refractivity contribution in [1.29, 1.82) is 0 Å². The summed E-state index contributed by atoms with van der Waals surface area (Å²) in [7, 11) is 1.49. The lowest BCUT2D eigenvalue weighted by molar-refractivity contribution is -0.137. The number of H-pyrrole nitrogens is 1. The van der Waals surface area contributed by atoms with E-state index in [4.69, 9.17) is 9.47 Å². The van der Waals surface area contributed by atoms with Gasteiger partial charge in [-0.25, -0.2) is 0 Å². The van der Waals surface area contributed by atoms with Crippen LogP contribution in [0.2, 0.25) is 0 Å². The second kappa shape index (κ2) is 12.3. The highest BCUT2D eigenvalue weighted by Gasteiger charge is 2.51. The summed E-state index contributed by atoms with van der Waals surface area (Å²) in [5.41, 5.74) is 3.49. The van der Waals surface area contributed by atoms with Crippen molar-refractivity contribution in [2.24, 2.45) is 0 Å². The molecule has 0 radical (unpaired) electrons. The monoisotopic (exact) mass is 563 g/mol. The average Bonchev–Trinajstić information content (AvgIpc) is 3.58. The molecule has 3 aromatic rings. The Morgan fingerprint density at radius 2 is 1.98 bits per heavy atom. The summed E-state index contributed by atoms with van der Waals surface area (Å²) in [4.78, 5) is 32.0. The number of nitrogens with one attached hydrogen (secondary N) is 2. The standard InChI is InChI=1S/C31H37N3O7/c1-3-6-26(37)34(11-9-20-15-19-7-4-5-8-23(19)33-20)24-16-22(31(39)32-10-12-35)27-21-13-18(17-36)14-25(40-2)29(21)41-30(27)28(24)38/h4-5,7-8,13-16,24,27-28,30,33,35-36,38H,3,6,9-12,17H2,1-2H3,(H,32,39)/t24-,27+,28+,30+/m1/s1. The lowest BCUT2D eigenvalue weighted by Gasteiger charge is -2.40. The average molecular weight is 564 g/mol. The Hall–Kier alpha value is -3.86. The van der Waals surface area contributed by atoms with Crippen LogP contribution in [0.15, 0.2) is 54.1 Å². The molecule has 0 saturated heterocycles. The number of amides is 2. The number of aliphatic hydroxyl groups is 3. The molecule has 1 aliphatic carbocycles. The number of para-hydroxylation sites is 1. The first-order valence-electron chi connectivity index (χ1n) is 14.0. The van der Waals surface area contributed by atoms with E-state index in [-0.39, 0.29) is 25.7 Å². The van der Waals surface area contributed by atoms with E-state index < -0.39 is 30.1 Å². The summed E-state index contributed by atoms with van der Waals surface area (Å²) in [5.74, 6) is -0.433. The highest BCUT2D eigenvalue weighted by molar-refractivity contribution is 5.96. The molecule has 4 atom stereocenters. The third-order valence-electron chi connectivity index (χ3n) is 7.85. The molecular formula is C31H37N3O7. The summed E-state index contributed by atoms with van der Waals surface area (Å²) >= 11 is 0. The Morgan fingerprint density at radius 1 is 1.17 bits per heavy atom. The first-order chi connectivity index (χ1) is 19.9. The number of nitrogens with zero attached hydrogens (tertiary/aromatic N) is 1. The number of hydrogen-bond acceptors (Lipinski definition) is 7. The lowest BCUT2D eigenvalue weighted by atomic mass is 9.77. The molecule has 2 aromatic carbocycles. The summed E-state index contributed by atoms with van der Waals surface area (Å²) in [6, 6.07) is 12.6. The number of fused-ring (bicyclic) bond motifs is 4. The van der Waals surface area contributed by atoms with Crippen LogP contribution in [0.25, 0.3) is 10.9 Å². The van der Waals surface area contributed by atoms with Crippen LogP contribution >= 0.6 is 0 Å². The van der Waals surface area contributed by atoms with E-state index in [9.17, 15) is 24.9 Å². The predicted octanol–water partition coefficient (Wildman–Crippen LogP) is 2.16. The number of aromatic amines is 1. The van der Waals surface area contributed by atoms with Crippen LogP contribution in [0.5, 0.6) is 11.5 Å². The van der Waals surface area contributed by atoms with Crippen molar-refractivity contribution < 1.29 is 34.4 Å². The molecule has 10 heteroatoms. The number of aromatic nitrogens is 1. The van der Waals surface area contributed by atoms with Crippen molar-refractivity contribution in [3.8, 4) is 11.5 Å². The van der Waals surface area contributed by atoms with Crippen molar-refractivity contribution in [1.82, 2.24) is 15.2 Å². The maximum absolute atomic E-state index is 13.5. The van der Waals surface area contributed by atoms with Gasteiger partial charge in [-0.3, -0.25) is 9.59 Å². The Bertz CT molecular complexity index is 1420. The first-order valence-corrected chi connectivity index (χ1v) is 14.0. The number of rotatable bonds is 11. The highest BCUT2D eigenvalue weighted by atomic mass is 16.5. The maximum Gasteiger partial charge on any atom is 0.247 e. The van der Waals surface area contributed by atoms with E-state index in [1.807, 2.05) is 31.2 Å². The van der Waals surface area contributed by atoms with E-state index in [1.54, 1.807) is 23.1 Å². The zero-order valence-corrected chi connectivity index (χ0v) is 23.3. The number of aliphatic hydroxyl groups excluding tert-OH is 3. The largest absolute Gasteiger partial charge is 0.493 e. The minimum absolute atomic E-state index is 0.0490. The first kappa shape index (κ1) is 28.7. The second-order valence-electron chi connectivity index (χ2n) is 10.5. The zero-order valence-electron chi connectivity index (χ0n) is 23.3. The molecule has 41 heavy (non-hydrogen) atoms. The summed E-state index contributed by atoms with van der Waals surface area (Å²) in [5, 5.41) is 34.7. The van der Waals surface area contributed by atoms with Crippen molar-refractivity contribution in [3.05, 3.63) is 70.9 Å². The third-order valence-corrected chi connectivity index (χ3v) is 7.85. The minimum atomic E-state index is -1.15. The Morgan fingerprint density at radius 3 is 2.68 bits per heavy atom. The molecule has 1 aromatic heterocycles. The highest BCUT2D eigenvalue weighted by Crippen LogP contribution is 2.51. The van der Waals surface area contributed by atoms with E-state index in [2.05, 4.69) is 16.4 Å². The second-order valence-corrected chi connectivity index (χ2v) is 10.5. The van der Waals surface area contributed by atoms with Gasteiger partial charge in [0.2, 0.25) is 11.8 Å². The van der Waals surface area contributed by atoms with Crippen LogP contribution < -0.4 is 14.8 Å². The van der Waals surface area contributed by atoms with E-state index in [1.165, 1.54) is 7.11 Å². The van der Waals surface area contributed by atoms with Gasteiger partial charge in [0, 0.05) is 48.3 Å². The van der Waals surface area contributed by atoms with Gasteiger partial charge in [0.1, 0.15) is 12.2 Å². The molecule has 0 fully saturated rings. The van der Waals surface area contributed by atoms with Crippen LogP contribution in [-0.2, 0) is 22.6 Å². The summed E-state index contributed by atoms with van der Waals surface area (Å²) < 4.78 is 11.8. The number of carbonyl (C=O) groups excluding carboxylic acids is 2. The van der Waals surface area contributed by atoms with E-state index in [0.29, 0.717) is 54.0 Å². The smallest absolute Gasteiger partial charge is 0.247 e. The Balaban J connectivity index is 1.53. The zero-order chi connectivity index (χ0) is 29.1. The summed E-state index contributed by atoms with van der Waals surface area (Å²) in [6.45, 7) is 1.81. The summed E-state index contributed by atoms with van der Waals surface area (Å²) in [6.07, 6.45) is 1.09. The molecule has 10 nitrogen and oxygen atoms in total. The van der Waals surface area contributed by atoms with Gasteiger partial charge >= 0.3 is 0 Å². The number of hydrogen-bond donors (Lipinski definition) is 5. The fraction of sp³-hybridized carbons (Fsp3) is 0.419. The Labute approximate surface area is 238 Å². The SMILES string of the molecule is CCCC(=O)N(CCc1cc2ccccc2[nH]1)[C@@H]1C=C(C(=O)NCCO)[C@@H]2c3cc(CO)cc(OC)c3O[C@@H]2[C@H]1O. The molecule has 0 bridgehead atoms. The van der Waals surface area contributed by atoms with Crippen molar-refractivity contribution in [2.75, 3.05) is 26.8 Å². The van der Waals surface area contributed by atoms with Crippen LogP contribution in [0.1, 0.15) is 42.5 Å². The number of methoxy groups -OCH3 is 1. The van der Waals surface area contributed by atoms with Gasteiger partial charge in [0.15, 0.2) is 11.5 Å². The number of ether oxygens (including phenoxy) is 2. The minimum Gasteiger partial charge on any atom is -0.493 e. The Kier molecular flexibility index (Phi) is 8.63. The molecule has 2 aliphatic rings. The normalized spacial score (nSPS) is 21.0. The molecule has 1 aliphatic heterocycles. The lowest BCUT2D eigenvalue weighted by Crippen LogP contribution is -2.56. The topological polar surface area (TPSA) is 144 Å².